The maximum absolute atomic E-state index is 12.8. The van der Waals surface area contributed by atoms with Crippen LogP contribution in [0.1, 0.15) is 5.56 Å². The molecule has 2 aromatic carbocycles. The van der Waals surface area contributed by atoms with Crippen LogP contribution in [0.25, 0.3) is 0 Å². The second-order valence-corrected chi connectivity index (χ2v) is 6.80. The first-order valence-corrected chi connectivity index (χ1v) is 9.20. The van der Waals surface area contributed by atoms with E-state index in [2.05, 4.69) is 41.0 Å². The Balaban J connectivity index is 1.31. The molecule has 1 aliphatic rings. The Morgan fingerprint density at radius 3 is 2.27 bits per heavy atom. The number of benzene rings is 2. The van der Waals surface area contributed by atoms with Crippen molar-refractivity contribution in [2.75, 3.05) is 44.6 Å². The zero-order valence-corrected chi connectivity index (χ0v) is 14.9. The summed E-state index contributed by atoms with van der Waals surface area (Å²) >= 11 is 0. The first-order valence-electron chi connectivity index (χ1n) is 9.20. The number of anilines is 1. The van der Waals surface area contributed by atoms with E-state index in [1.165, 1.54) is 22.6 Å². The lowest BCUT2D eigenvalue weighted by Gasteiger charge is -2.29. The van der Waals surface area contributed by atoms with Crippen molar-refractivity contribution in [3.8, 4) is 0 Å². The van der Waals surface area contributed by atoms with Gasteiger partial charge in [0.15, 0.2) is 0 Å². The van der Waals surface area contributed by atoms with Crippen LogP contribution in [0.5, 0.6) is 0 Å². The minimum absolute atomic E-state index is 0.246. The Bertz CT molecular complexity index is 685. The molecule has 2 amide bonds. The Kier molecular flexibility index (Phi) is 6.57. The van der Waals surface area contributed by atoms with Crippen molar-refractivity contribution in [2.24, 2.45) is 0 Å². The first-order chi connectivity index (χ1) is 12.7. The molecule has 0 saturated carbocycles. The summed E-state index contributed by atoms with van der Waals surface area (Å²) in [5, 5.41) is 5.58. The molecule has 3 rings (SSSR count). The Labute approximate surface area is 153 Å². The van der Waals surface area contributed by atoms with Crippen molar-refractivity contribution in [1.29, 1.82) is 0 Å². The van der Waals surface area contributed by atoms with Crippen molar-refractivity contribution in [2.45, 2.75) is 6.54 Å². The fraction of sp³-hybridized carbons (Fsp3) is 0.350. The SMILES string of the molecule is O=C(NCC[NH+]1CC[NH+](Cc2ccccc2)CC1)Nc1ccc(F)cc1. The van der Waals surface area contributed by atoms with Crippen LogP contribution in [-0.2, 0) is 6.54 Å². The van der Waals surface area contributed by atoms with Crippen LogP contribution < -0.4 is 20.4 Å². The molecule has 1 aliphatic heterocycles. The average molecular weight is 358 g/mol. The third-order valence-electron chi connectivity index (χ3n) is 4.83. The minimum Gasteiger partial charge on any atom is -0.332 e. The van der Waals surface area contributed by atoms with E-state index >= 15 is 0 Å². The number of nitrogens with one attached hydrogen (secondary N) is 4. The summed E-state index contributed by atoms with van der Waals surface area (Å²) in [5.74, 6) is -0.312. The molecule has 0 bridgehead atoms. The van der Waals surface area contributed by atoms with Gasteiger partial charge in [0, 0.05) is 11.3 Å². The van der Waals surface area contributed by atoms with Gasteiger partial charge in [-0.2, -0.15) is 0 Å². The highest BCUT2D eigenvalue weighted by molar-refractivity contribution is 5.89. The number of carbonyl (C=O) groups is 1. The Morgan fingerprint density at radius 2 is 1.58 bits per heavy atom. The molecule has 138 valence electrons. The molecule has 1 fully saturated rings. The molecule has 4 N–H and O–H groups in total. The highest BCUT2D eigenvalue weighted by Gasteiger charge is 2.22. The second kappa shape index (κ2) is 9.31. The number of hydrogen-bond acceptors (Lipinski definition) is 1. The van der Waals surface area contributed by atoms with Gasteiger partial charge in [0.25, 0.3) is 0 Å². The van der Waals surface area contributed by atoms with Crippen molar-refractivity contribution in [3.05, 3.63) is 66.0 Å². The third-order valence-corrected chi connectivity index (χ3v) is 4.83. The molecule has 1 saturated heterocycles. The zero-order chi connectivity index (χ0) is 18.2. The summed E-state index contributed by atoms with van der Waals surface area (Å²) in [7, 11) is 0. The molecule has 0 unspecified atom stereocenters. The number of carbonyl (C=O) groups excluding carboxylic acids is 1. The number of rotatable bonds is 6. The number of hydrogen-bond donors (Lipinski definition) is 4. The van der Waals surface area contributed by atoms with E-state index in [4.69, 9.17) is 0 Å². The van der Waals surface area contributed by atoms with E-state index in [-0.39, 0.29) is 11.8 Å². The van der Waals surface area contributed by atoms with Crippen LogP contribution in [-0.4, -0.2) is 45.3 Å². The number of piperazine rings is 1. The predicted octanol–water partition coefficient (Wildman–Crippen LogP) is -0.0692. The van der Waals surface area contributed by atoms with E-state index in [0.29, 0.717) is 12.2 Å². The number of amides is 2. The standard InChI is InChI=1S/C20H25FN4O/c21-18-6-8-19(9-7-18)23-20(26)22-10-11-24-12-14-25(15-13-24)16-17-4-2-1-3-5-17/h1-9H,10-16H2,(H2,22,23,26)/p+2. The molecule has 0 atom stereocenters. The molecule has 1 heterocycles. The van der Waals surface area contributed by atoms with Gasteiger partial charge in [-0.1, -0.05) is 30.3 Å². The number of urea groups is 1. The van der Waals surface area contributed by atoms with Crippen LogP contribution in [0.3, 0.4) is 0 Å². The molecule has 26 heavy (non-hydrogen) atoms. The quantitative estimate of drug-likeness (QED) is 0.574. The predicted molar refractivity (Wildman–Crippen MR) is 99.8 cm³/mol. The van der Waals surface area contributed by atoms with Crippen LogP contribution in [0.15, 0.2) is 54.6 Å². The van der Waals surface area contributed by atoms with E-state index in [1.54, 1.807) is 17.0 Å². The largest absolute Gasteiger partial charge is 0.332 e. The smallest absolute Gasteiger partial charge is 0.319 e. The van der Waals surface area contributed by atoms with Crippen LogP contribution >= 0.6 is 0 Å². The maximum Gasteiger partial charge on any atom is 0.319 e. The molecule has 0 radical (unpaired) electrons. The van der Waals surface area contributed by atoms with Gasteiger partial charge in [-0.05, 0) is 24.3 Å². The summed E-state index contributed by atoms with van der Waals surface area (Å²) in [6.07, 6.45) is 0. The fourth-order valence-corrected chi connectivity index (χ4v) is 3.33. The van der Waals surface area contributed by atoms with Crippen molar-refractivity contribution < 1.29 is 19.0 Å². The number of halogens is 1. The summed E-state index contributed by atoms with van der Waals surface area (Å²) in [6.45, 7) is 7.23. The average Bonchev–Trinajstić information content (AvgIpc) is 2.66. The minimum atomic E-state index is -0.312. The van der Waals surface area contributed by atoms with Crippen LogP contribution in [0.4, 0.5) is 14.9 Å². The van der Waals surface area contributed by atoms with Gasteiger partial charge in [-0.3, -0.25) is 0 Å². The lowest BCUT2D eigenvalue weighted by Crippen LogP contribution is -3.27. The second-order valence-electron chi connectivity index (χ2n) is 6.80. The molecule has 0 spiro atoms. The molecule has 2 aromatic rings. The van der Waals surface area contributed by atoms with Crippen molar-refractivity contribution in [1.82, 2.24) is 5.32 Å². The van der Waals surface area contributed by atoms with Crippen LogP contribution in [0, 0.1) is 5.82 Å². The number of quaternary nitrogens is 2. The van der Waals surface area contributed by atoms with E-state index in [0.717, 1.165) is 39.3 Å². The molecular formula is C20H27FN4O+2. The normalized spacial score (nSPS) is 19.7. The monoisotopic (exact) mass is 358 g/mol. The maximum atomic E-state index is 12.8. The highest BCUT2D eigenvalue weighted by Crippen LogP contribution is 2.07. The molecule has 5 nitrogen and oxygen atoms in total. The van der Waals surface area contributed by atoms with Gasteiger partial charge in [0.05, 0.1) is 13.1 Å². The fourth-order valence-electron chi connectivity index (χ4n) is 3.33. The van der Waals surface area contributed by atoms with E-state index < -0.39 is 0 Å². The molecule has 0 aliphatic carbocycles. The first kappa shape index (κ1) is 18.4. The molecular weight excluding hydrogens is 331 g/mol. The van der Waals surface area contributed by atoms with Gasteiger partial charge in [-0.25, -0.2) is 9.18 Å². The van der Waals surface area contributed by atoms with Crippen molar-refractivity contribution >= 4 is 11.7 Å². The summed E-state index contributed by atoms with van der Waals surface area (Å²) < 4.78 is 12.8. The van der Waals surface area contributed by atoms with Gasteiger partial charge >= 0.3 is 6.03 Å². The van der Waals surface area contributed by atoms with Gasteiger partial charge in [0.2, 0.25) is 0 Å². The zero-order valence-electron chi connectivity index (χ0n) is 14.9. The lowest BCUT2D eigenvalue weighted by atomic mass is 10.2. The van der Waals surface area contributed by atoms with E-state index in [9.17, 15) is 9.18 Å². The highest BCUT2D eigenvalue weighted by atomic mass is 19.1. The lowest BCUT2D eigenvalue weighted by molar-refractivity contribution is -1.02. The summed E-state index contributed by atoms with van der Waals surface area (Å²) in [4.78, 5) is 15.0. The summed E-state index contributed by atoms with van der Waals surface area (Å²) in [6, 6.07) is 16.1. The van der Waals surface area contributed by atoms with Crippen molar-refractivity contribution in [3.63, 3.8) is 0 Å². The molecule has 0 aromatic heterocycles. The summed E-state index contributed by atoms with van der Waals surface area (Å²) in [5.41, 5.74) is 1.99. The Hall–Kier alpha value is -2.44. The van der Waals surface area contributed by atoms with Gasteiger partial charge in [-0.15, -0.1) is 0 Å². The van der Waals surface area contributed by atoms with Crippen LogP contribution in [0.2, 0.25) is 0 Å². The third kappa shape index (κ3) is 5.82. The van der Waals surface area contributed by atoms with E-state index in [1.807, 2.05) is 0 Å². The molecule has 6 heteroatoms. The Morgan fingerprint density at radius 1 is 0.923 bits per heavy atom. The van der Waals surface area contributed by atoms with Gasteiger partial charge < -0.3 is 20.4 Å². The topological polar surface area (TPSA) is 50.0 Å². The van der Waals surface area contributed by atoms with Gasteiger partial charge in [0.1, 0.15) is 38.5 Å².